The molecule has 0 amide bonds. The molecule has 0 N–H and O–H groups in total. The van der Waals surface area contributed by atoms with Crippen LogP contribution in [0, 0.1) is 5.82 Å². The molecule has 0 saturated carbocycles. The minimum absolute atomic E-state index is 0.248. The molecule has 1 aliphatic rings. The largest absolute Gasteiger partial charge is 0.495 e. The summed E-state index contributed by atoms with van der Waals surface area (Å²) >= 11 is 1.55. The maximum absolute atomic E-state index is 13.8. The Balaban J connectivity index is 1.52. The minimum atomic E-state index is -0.248. The number of aromatic nitrogens is 1. The molecule has 0 radical (unpaired) electrons. The number of methoxy groups -OCH3 is 1. The molecule has 4 rings (SSSR count). The first-order valence-electron chi connectivity index (χ1n) is 7.94. The van der Waals surface area contributed by atoms with Gasteiger partial charge in [-0.3, -0.25) is 0 Å². The van der Waals surface area contributed by atoms with Crippen LogP contribution >= 0.6 is 11.3 Å². The number of halogens is 1. The average Bonchev–Trinajstić information content (AvgIpc) is 3.07. The van der Waals surface area contributed by atoms with Crippen molar-refractivity contribution >= 4 is 32.4 Å². The second-order valence-electron chi connectivity index (χ2n) is 5.73. The fraction of sp³-hybridized carbons (Fsp3) is 0.278. The van der Waals surface area contributed by atoms with Crippen LogP contribution in [-0.4, -0.2) is 38.3 Å². The van der Waals surface area contributed by atoms with E-state index in [1.807, 2.05) is 24.3 Å². The average molecular weight is 343 g/mol. The van der Waals surface area contributed by atoms with E-state index in [1.54, 1.807) is 24.5 Å². The van der Waals surface area contributed by atoms with Gasteiger partial charge in [-0.1, -0.05) is 29.5 Å². The first kappa shape index (κ1) is 15.2. The Morgan fingerprint density at radius 3 is 2.50 bits per heavy atom. The zero-order chi connectivity index (χ0) is 16.5. The Hall–Kier alpha value is -2.34. The van der Waals surface area contributed by atoms with Crippen LogP contribution < -0.4 is 14.5 Å². The minimum Gasteiger partial charge on any atom is -0.495 e. The summed E-state index contributed by atoms with van der Waals surface area (Å²) in [6.07, 6.45) is 0. The van der Waals surface area contributed by atoms with Gasteiger partial charge in [0.25, 0.3) is 0 Å². The summed E-state index contributed by atoms with van der Waals surface area (Å²) in [5.41, 5.74) is 1.60. The van der Waals surface area contributed by atoms with Crippen molar-refractivity contribution in [1.82, 2.24) is 4.98 Å². The van der Waals surface area contributed by atoms with E-state index in [4.69, 9.17) is 4.74 Å². The molecule has 0 atom stereocenters. The van der Waals surface area contributed by atoms with Gasteiger partial charge in [0, 0.05) is 26.2 Å². The van der Waals surface area contributed by atoms with Gasteiger partial charge in [-0.15, -0.1) is 0 Å². The normalized spacial score (nSPS) is 15.1. The van der Waals surface area contributed by atoms with E-state index >= 15 is 0 Å². The van der Waals surface area contributed by atoms with Crippen molar-refractivity contribution in [2.75, 3.05) is 43.1 Å². The van der Waals surface area contributed by atoms with Gasteiger partial charge in [-0.05, 0) is 24.3 Å². The summed E-state index contributed by atoms with van der Waals surface area (Å²) in [5, 5.41) is 0.898. The van der Waals surface area contributed by atoms with Crippen LogP contribution in [-0.2, 0) is 0 Å². The number of rotatable bonds is 3. The van der Waals surface area contributed by atoms with Crippen LogP contribution in [0.1, 0.15) is 0 Å². The fourth-order valence-electron chi connectivity index (χ4n) is 3.07. The van der Waals surface area contributed by atoms with Crippen LogP contribution in [0.2, 0.25) is 0 Å². The molecular weight excluding hydrogens is 325 g/mol. The van der Waals surface area contributed by atoms with Crippen molar-refractivity contribution in [3.05, 3.63) is 48.3 Å². The van der Waals surface area contributed by atoms with E-state index in [9.17, 15) is 4.39 Å². The van der Waals surface area contributed by atoms with Gasteiger partial charge in [0.1, 0.15) is 17.1 Å². The van der Waals surface area contributed by atoms with Gasteiger partial charge in [-0.25, -0.2) is 9.37 Å². The number of piperazine rings is 1. The van der Waals surface area contributed by atoms with Crippen LogP contribution in [0.5, 0.6) is 5.75 Å². The molecule has 3 aromatic rings. The van der Waals surface area contributed by atoms with Gasteiger partial charge < -0.3 is 14.5 Å². The van der Waals surface area contributed by atoms with Gasteiger partial charge in [0.05, 0.1) is 17.5 Å². The number of anilines is 2. The van der Waals surface area contributed by atoms with E-state index in [-0.39, 0.29) is 5.82 Å². The summed E-state index contributed by atoms with van der Waals surface area (Å²) in [7, 11) is 1.70. The predicted molar refractivity (Wildman–Crippen MR) is 97.0 cm³/mol. The topological polar surface area (TPSA) is 28.6 Å². The molecule has 4 nitrogen and oxygen atoms in total. The summed E-state index contributed by atoms with van der Waals surface area (Å²) in [6, 6.07) is 13.2. The lowest BCUT2D eigenvalue weighted by Gasteiger charge is -2.36. The number of fused-ring (bicyclic) bond motifs is 1. The third kappa shape index (κ3) is 2.67. The van der Waals surface area contributed by atoms with Crippen LogP contribution in [0.25, 0.3) is 10.2 Å². The maximum Gasteiger partial charge on any atom is 0.186 e. The number of thiazole rings is 1. The second kappa shape index (κ2) is 6.28. The van der Waals surface area contributed by atoms with Crippen molar-refractivity contribution in [3.63, 3.8) is 0 Å². The van der Waals surface area contributed by atoms with E-state index in [0.717, 1.165) is 47.4 Å². The highest BCUT2D eigenvalue weighted by Crippen LogP contribution is 2.32. The SMILES string of the molecule is COc1ccccc1N1CCN(c2nc3c(F)cccc3s2)CC1. The van der Waals surface area contributed by atoms with Gasteiger partial charge in [0.15, 0.2) is 5.13 Å². The van der Waals surface area contributed by atoms with Crippen molar-refractivity contribution < 1.29 is 9.13 Å². The monoisotopic (exact) mass is 343 g/mol. The Bertz CT molecular complexity index is 858. The Morgan fingerprint density at radius 1 is 1.00 bits per heavy atom. The zero-order valence-corrected chi connectivity index (χ0v) is 14.2. The van der Waals surface area contributed by atoms with Gasteiger partial charge in [-0.2, -0.15) is 0 Å². The lowest BCUT2D eigenvalue weighted by Crippen LogP contribution is -2.46. The number of para-hydroxylation sites is 3. The van der Waals surface area contributed by atoms with Gasteiger partial charge in [0.2, 0.25) is 0 Å². The quantitative estimate of drug-likeness (QED) is 0.724. The fourth-order valence-corrected chi connectivity index (χ4v) is 4.10. The number of ether oxygens (including phenoxy) is 1. The molecule has 0 aliphatic carbocycles. The van der Waals surface area contributed by atoms with Crippen LogP contribution in [0.4, 0.5) is 15.2 Å². The first-order valence-corrected chi connectivity index (χ1v) is 8.76. The van der Waals surface area contributed by atoms with Crippen LogP contribution in [0.15, 0.2) is 42.5 Å². The summed E-state index contributed by atoms with van der Waals surface area (Å²) < 4.78 is 20.2. The molecule has 124 valence electrons. The standard InChI is InChI=1S/C18H18FN3OS/c1-23-15-7-3-2-6-14(15)21-9-11-22(12-10-21)18-20-17-13(19)5-4-8-16(17)24-18/h2-8H,9-12H2,1H3. The highest BCUT2D eigenvalue weighted by Gasteiger charge is 2.22. The Morgan fingerprint density at radius 2 is 1.75 bits per heavy atom. The van der Waals surface area contributed by atoms with E-state index < -0.39 is 0 Å². The van der Waals surface area contributed by atoms with Crippen molar-refractivity contribution in [3.8, 4) is 5.75 Å². The highest BCUT2D eigenvalue weighted by molar-refractivity contribution is 7.22. The van der Waals surface area contributed by atoms with Crippen LogP contribution in [0.3, 0.4) is 0 Å². The number of hydrogen-bond donors (Lipinski definition) is 0. The van der Waals surface area contributed by atoms with E-state index in [1.165, 1.54) is 6.07 Å². The van der Waals surface area contributed by atoms with Crippen molar-refractivity contribution in [1.29, 1.82) is 0 Å². The van der Waals surface area contributed by atoms with Crippen molar-refractivity contribution in [2.45, 2.75) is 0 Å². The second-order valence-corrected chi connectivity index (χ2v) is 6.74. The van der Waals surface area contributed by atoms with Crippen molar-refractivity contribution in [2.24, 2.45) is 0 Å². The number of hydrogen-bond acceptors (Lipinski definition) is 5. The molecule has 2 aromatic carbocycles. The smallest absolute Gasteiger partial charge is 0.186 e. The molecular formula is C18H18FN3OS. The number of benzene rings is 2. The zero-order valence-electron chi connectivity index (χ0n) is 13.4. The van der Waals surface area contributed by atoms with E-state index in [2.05, 4.69) is 20.9 Å². The Kier molecular flexibility index (Phi) is 3.98. The third-order valence-corrected chi connectivity index (χ3v) is 5.42. The molecule has 0 unspecified atom stereocenters. The Labute approximate surface area is 144 Å². The molecule has 2 heterocycles. The third-order valence-electron chi connectivity index (χ3n) is 4.33. The molecule has 1 saturated heterocycles. The molecule has 24 heavy (non-hydrogen) atoms. The number of nitrogens with zero attached hydrogens (tertiary/aromatic N) is 3. The molecule has 0 spiro atoms. The lowest BCUT2D eigenvalue weighted by atomic mass is 10.2. The molecule has 1 fully saturated rings. The highest BCUT2D eigenvalue weighted by atomic mass is 32.1. The molecule has 1 aliphatic heterocycles. The maximum atomic E-state index is 13.8. The molecule has 6 heteroatoms. The molecule has 0 bridgehead atoms. The van der Waals surface area contributed by atoms with Gasteiger partial charge >= 0.3 is 0 Å². The summed E-state index contributed by atoms with van der Waals surface area (Å²) in [5.74, 6) is 0.649. The summed E-state index contributed by atoms with van der Waals surface area (Å²) in [4.78, 5) is 9.05. The predicted octanol–water partition coefficient (Wildman–Crippen LogP) is 3.77. The molecule has 1 aromatic heterocycles. The lowest BCUT2D eigenvalue weighted by molar-refractivity contribution is 0.413. The first-order chi connectivity index (χ1) is 11.8. The summed E-state index contributed by atoms with van der Waals surface area (Å²) in [6.45, 7) is 3.50. The van der Waals surface area contributed by atoms with E-state index in [0.29, 0.717) is 5.52 Å².